The molecule has 0 atom stereocenters. The van der Waals surface area contributed by atoms with E-state index in [1.807, 2.05) is 12.1 Å². The van der Waals surface area contributed by atoms with Gasteiger partial charge in [-0.2, -0.15) is 0 Å². The number of hydrogen-bond acceptors (Lipinski definition) is 6. The van der Waals surface area contributed by atoms with E-state index in [-0.39, 0.29) is 5.75 Å². The first-order valence-corrected chi connectivity index (χ1v) is 10.3. The predicted molar refractivity (Wildman–Crippen MR) is 110 cm³/mol. The normalized spacial score (nSPS) is 17.5. The van der Waals surface area contributed by atoms with Crippen LogP contribution in [0.25, 0.3) is 0 Å². The summed E-state index contributed by atoms with van der Waals surface area (Å²) in [6.07, 6.45) is 0. The molecule has 28 heavy (non-hydrogen) atoms. The highest BCUT2D eigenvalue weighted by Crippen LogP contribution is 2.33. The summed E-state index contributed by atoms with van der Waals surface area (Å²) in [5, 5.41) is 10.0. The third-order valence-corrected chi connectivity index (χ3v) is 5.96. The molecule has 2 aliphatic rings. The van der Waals surface area contributed by atoms with Crippen LogP contribution in [0.5, 0.6) is 23.0 Å². The number of methoxy groups -OCH3 is 1. The van der Waals surface area contributed by atoms with E-state index in [1.165, 1.54) is 5.56 Å². The first kappa shape index (κ1) is 19.4. The third-order valence-electron chi connectivity index (χ3n) is 5.22. The molecule has 2 aromatic rings. The van der Waals surface area contributed by atoms with Gasteiger partial charge < -0.3 is 19.3 Å². The maximum Gasteiger partial charge on any atom is 0.161 e. The fraction of sp³-hybridized carbons (Fsp3) is 0.429. The van der Waals surface area contributed by atoms with Gasteiger partial charge in [-0.05, 0) is 35.4 Å². The van der Waals surface area contributed by atoms with Gasteiger partial charge in [-0.1, -0.05) is 22.0 Å². The number of phenolic OH excluding ortho intramolecular Hbond substituents is 1. The summed E-state index contributed by atoms with van der Waals surface area (Å²) in [4.78, 5) is 4.87. The van der Waals surface area contributed by atoms with Crippen molar-refractivity contribution in [3.8, 4) is 23.0 Å². The lowest BCUT2D eigenvalue weighted by Crippen LogP contribution is -2.45. The zero-order valence-electron chi connectivity index (χ0n) is 16.0. The number of phenols is 1. The summed E-state index contributed by atoms with van der Waals surface area (Å²) in [5.41, 5.74) is 2.32. The summed E-state index contributed by atoms with van der Waals surface area (Å²) >= 11 is 3.58. The first-order valence-electron chi connectivity index (χ1n) is 9.51. The molecule has 0 aliphatic carbocycles. The minimum absolute atomic E-state index is 0.179. The van der Waals surface area contributed by atoms with Crippen LogP contribution in [-0.2, 0) is 13.1 Å². The van der Waals surface area contributed by atoms with Gasteiger partial charge >= 0.3 is 0 Å². The van der Waals surface area contributed by atoms with Crippen LogP contribution in [0.2, 0.25) is 0 Å². The number of hydrogen-bond donors (Lipinski definition) is 1. The maximum atomic E-state index is 10.0. The fourth-order valence-electron chi connectivity index (χ4n) is 3.66. The molecule has 0 saturated carbocycles. The standard InChI is InChI=1S/C21H25BrN2O4/c1-26-20-12-17(22)16(11-18(20)25)14-24-6-4-23(5-7-24)13-15-2-3-19-21(10-15)28-9-8-27-19/h2-3,10-12,25H,4-9,13-14H2,1H3. The van der Waals surface area contributed by atoms with Gasteiger partial charge in [0, 0.05) is 43.7 Å². The van der Waals surface area contributed by atoms with Gasteiger partial charge in [-0.3, -0.25) is 9.80 Å². The molecule has 0 unspecified atom stereocenters. The molecular weight excluding hydrogens is 424 g/mol. The van der Waals surface area contributed by atoms with Crippen molar-refractivity contribution in [1.82, 2.24) is 9.80 Å². The van der Waals surface area contributed by atoms with Crippen LogP contribution in [0.3, 0.4) is 0 Å². The van der Waals surface area contributed by atoms with Crippen molar-refractivity contribution < 1.29 is 19.3 Å². The SMILES string of the molecule is COc1cc(Br)c(CN2CCN(Cc3ccc4c(c3)OCCO4)CC2)cc1O. The molecule has 1 N–H and O–H groups in total. The number of halogens is 1. The van der Waals surface area contributed by atoms with Crippen LogP contribution in [-0.4, -0.2) is 61.4 Å². The van der Waals surface area contributed by atoms with Crippen molar-refractivity contribution in [3.05, 3.63) is 45.9 Å². The van der Waals surface area contributed by atoms with Crippen LogP contribution < -0.4 is 14.2 Å². The van der Waals surface area contributed by atoms with Gasteiger partial charge in [-0.15, -0.1) is 0 Å². The van der Waals surface area contributed by atoms with Gasteiger partial charge in [-0.25, -0.2) is 0 Å². The smallest absolute Gasteiger partial charge is 0.161 e. The maximum absolute atomic E-state index is 10.0. The monoisotopic (exact) mass is 448 g/mol. The highest BCUT2D eigenvalue weighted by Gasteiger charge is 2.20. The van der Waals surface area contributed by atoms with Crippen LogP contribution in [0.1, 0.15) is 11.1 Å². The Morgan fingerprint density at radius 3 is 2.36 bits per heavy atom. The largest absolute Gasteiger partial charge is 0.504 e. The minimum atomic E-state index is 0.179. The summed E-state index contributed by atoms with van der Waals surface area (Å²) in [6, 6.07) is 9.83. The van der Waals surface area contributed by atoms with Crippen molar-refractivity contribution in [1.29, 1.82) is 0 Å². The van der Waals surface area contributed by atoms with Crippen molar-refractivity contribution in [3.63, 3.8) is 0 Å². The Morgan fingerprint density at radius 1 is 0.964 bits per heavy atom. The van der Waals surface area contributed by atoms with Crippen LogP contribution >= 0.6 is 15.9 Å². The van der Waals surface area contributed by atoms with Gasteiger partial charge in [0.2, 0.25) is 0 Å². The lowest BCUT2D eigenvalue weighted by molar-refractivity contribution is 0.121. The average Bonchev–Trinajstić information content (AvgIpc) is 2.72. The van der Waals surface area contributed by atoms with E-state index in [4.69, 9.17) is 14.2 Å². The van der Waals surface area contributed by atoms with Gasteiger partial charge in [0.1, 0.15) is 13.2 Å². The molecule has 6 nitrogen and oxygen atoms in total. The zero-order chi connectivity index (χ0) is 19.5. The number of aromatic hydroxyl groups is 1. The molecule has 1 saturated heterocycles. The highest BCUT2D eigenvalue weighted by molar-refractivity contribution is 9.10. The van der Waals surface area contributed by atoms with Gasteiger partial charge in [0.05, 0.1) is 7.11 Å². The summed E-state index contributed by atoms with van der Waals surface area (Å²) in [5.74, 6) is 2.36. The second-order valence-corrected chi connectivity index (χ2v) is 8.00. The Kier molecular flexibility index (Phi) is 5.94. The Morgan fingerprint density at radius 2 is 1.64 bits per heavy atom. The molecule has 0 amide bonds. The Labute approximate surface area is 173 Å². The zero-order valence-corrected chi connectivity index (χ0v) is 17.6. The van der Waals surface area contributed by atoms with Crippen molar-refractivity contribution in [2.45, 2.75) is 13.1 Å². The molecule has 150 valence electrons. The molecule has 1 fully saturated rings. The topological polar surface area (TPSA) is 54.4 Å². The Bertz CT molecular complexity index is 837. The molecule has 0 aromatic heterocycles. The molecule has 0 radical (unpaired) electrons. The van der Waals surface area contributed by atoms with Crippen LogP contribution in [0.4, 0.5) is 0 Å². The average molecular weight is 449 g/mol. The minimum Gasteiger partial charge on any atom is -0.504 e. The molecule has 4 rings (SSSR count). The van der Waals surface area contributed by atoms with Crippen molar-refractivity contribution in [2.75, 3.05) is 46.5 Å². The number of fused-ring (bicyclic) bond motifs is 1. The predicted octanol–water partition coefficient (Wildman–Crippen LogP) is 3.25. The number of nitrogens with zero attached hydrogens (tertiary/aromatic N) is 2. The summed E-state index contributed by atoms with van der Waals surface area (Å²) in [7, 11) is 1.56. The van der Waals surface area contributed by atoms with Gasteiger partial charge in [0.25, 0.3) is 0 Å². The molecular formula is C21H25BrN2O4. The van der Waals surface area contributed by atoms with E-state index in [2.05, 4.69) is 37.9 Å². The van der Waals surface area contributed by atoms with E-state index in [1.54, 1.807) is 13.2 Å². The second kappa shape index (κ2) is 8.59. The van der Waals surface area contributed by atoms with E-state index < -0.39 is 0 Å². The molecule has 0 spiro atoms. The quantitative estimate of drug-likeness (QED) is 0.757. The number of piperazine rings is 1. The Balaban J connectivity index is 1.32. The fourth-order valence-corrected chi connectivity index (χ4v) is 4.11. The lowest BCUT2D eigenvalue weighted by atomic mass is 10.1. The molecule has 2 heterocycles. The number of benzene rings is 2. The third kappa shape index (κ3) is 4.37. The summed E-state index contributed by atoms with van der Waals surface area (Å²) < 4.78 is 17.4. The van der Waals surface area contributed by atoms with E-state index in [9.17, 15) is 5.11 Å². The number of rotatable bonds is 5. The molecule has 0 bridgehead atoms. The second-order valence-electron chi connectivity index (χ2n) is 7.15. The highest BCUT2D eigenvalue weighted by atomic mass is 79.9. The lowest BCUT2D eigenvalue weighted by Gasteiger charge is -2.35. The first-order chi connectivity index (χ1) is 13.6. The van der Waals surface area contributed by atoms with Crippen molar-refractivity contribution in [2.24, 2.45) is 0 Å². The van der Waals surface area contributed by atoms with Crippen LogP contribution in [0.15, 0.2) is 34.8 Å². The van der Waals surface area contributed by atoms with Crippen molar-refractivity contribution >= 4 is 15.9 Å². The van der Waals surface area contributed by atoms with Crippen LogP contribution in [0, 0.1) is 0 Å². The van der Waals surface area contributed by atoms with E-state index >= 15 is 0 Å². The molecule has 2 aliphatic heterocycles. The van der Waals surface area contributed by atoms with E-state index in [0.717, 1.165) is 60.8 Å². The summed E-state index contributed by atoms with van der Waals surface area (Å²) in [6.45, 7) is 6.95. The molecule has 2 aromatic carbocycles. The number of ether oxygens (including phenoxy) is 3. The molecule has 7 heteroatoms. The van der Waals surface area contributed by atoms with Gasteiger partial charge in [0.15, 0.2) is 23.0 Å². The van der Waals surface area contributed by atoms with E-state index in [0.29, 0.717) is 19.0 Å². The Hall–Kier alpha value is -1.96.